The van der Waals surface area contributed by atoms with Crippen LogP contribution in [0.5, 0.6) is 0 Å². The fourth-order valence-electron chi connectivity index (χ4n) is 5.84. The highest BCUT2D eigenvalue weighted by atomic mass is 32.4. The van der Waals surface area contributed by atoms with Crippen LogP contribution in [-0.4, -0.2) is 23.0 Å². The number of rotatable bonds is 3. The minimum Gasteiger partial charge on any atom is -0.351 e. The summed E-state index contributed by atoms with van der Waals surface area (Å²) in [6.45, 7) is 10.9. The lowest BCUT2D eigenvalue weighted by Gasteiger charge is -2.35. The molecule has 2 aliphatic heterocycles. The summed E-state index contributed by atoms with van der Waals surface area (Å²) in [5, 5.41) is 11.0. The van der Waals surface area contributed by atoms with Crippen LogP contribution >= 0.6 is 6.19 Å². The number of likely N-dealkylation sites (N-methyl/N-ethyl adjacent to an activating group) is 1. The maximum Gasteiger partial charge on any atom is 0.166 e. The van der Waals surface area contributed by atoms with Crippen LogP contribution in [0.15, 0.2) is 88.8 Å². The van der Waals surface area contributed by atoms with Crippen LogP contribution in [0.25, 0.3) is 5.69 Å². The summed E-state index contributed by atoms with van der Waals surface area (Å²) in [5.41, 5.74) is 8.88. The molecular weight excluding hydrogens is 505 g/mol. The van der Waals surface area contributed by atoms with Gasteiger partial charge in [0.1, 0.15) is 0 Å². The SMILES string of the molecule is Cc1ccc(NP2(=S)/C(=C3\N(C)c4ccccc4C3(C)C)C=Nc3c2c(C)nn3-c2ccccc2)cc1C. The highest BCUT2D eigenvalue weighted by Crippen LogP contribution is 2.62. The molecule has 1 atom stereocenters. The Morgan fingerprint density at radius 3 is 2.32 bits per heavy atom. The van der Waals surface area contributed by atoms with Crippen molar-refractivity contribution in [2.75, 3.05) is 17.0 Å². The second-order valence-corrected chi connectivity index (χ2v) is 14.7. The molecule has 1 unspecified atom stereocenters. The molecule has 1 aromatic heterocycles. The van der Waals surface area contributed by atoms with Gasteiger partial charge in [0, 0.05) is 41.1 Å². The number of para-hydroxylation sites is 2. The van der Waals surface area contributed by atoms with Crippen LogP contribution < -0.4 is 15.3 Å². The fraction of sp³-hybridized carbons (Fsp3) is 0.226. The van der Waals surface area contributed by atoms with Gasteiger partial charge in [0.25, 0.3) is 0 Å². The number of nitrogens with zero attached hydrogens (tertiary/aromatic N) is 4. The Balaban J connectivity index is 1.63. The Morgan fingerprint density at radius 2 is 1.61 bits per heavy atom. The molecule has 3 heterocycles. The molecule has 0 amide bonds. The first-order chi connectivity index (χ1) is 18.1. The maximum absolute atomic E-state index is 6.81. The van der Waals surface area contributed by atoms with Crippen molar-refractivity contribution in [3.05, 3.63) is 106 Å². The molecule has 0 radical (unpaired) electrons. The summed E-state index contributed by atoms with van der Waals surface area (Å²) in [6.07, 6.45) is -0.603. The average molecular weight is 538 g/mol. The van der Waals surface area contributed by atoms with E-state index in [-0.39, 0.29) is 5.41 Å². The minimum atomic E-state index is -2.61. The third-order valence-electron chi connectivity index (χ3n) is 7.87. The lowest BCUT2D eigenvalue weighted by molar-refractivity contribution is 0.639. The predicted octanol–water partition coefficient (Wildman–Crippen LogP) is 7.28. The van der Waals surface area contributed by atoms with Crippen molar-refractivity contribution in [3.8, 4) is 5.69 Å². The zero-order chi connectivity index (χ0) is 26.8. The van der Waals surface area contributed by atoms with E-state index in [2.05, 4.69) is 106 Å². The van der Waals surface area contributed by atoms with Crippen molar-refractivity contribution in [1.82, 2.24) is 9.78 Å². The van der Waals surface area contributed by atoms with Crippen LogP contribution in [-0.2, 0) is 17.2 Å². The smallest absolute Gasteiger partial charge is 0.166 e. The van der Waals surface area contributed by atoms with Gasteiger partial charge in [-0.15, -0.1) is 0 Å². The molecule has 5 nitrogen and oxygen atoms in total. The monoisotopic (exact) mass is 537 g/mol. The molecule has 2 aliphatic rings. The van der Waals surface area contributed by atoms with Crippen LogP contribution in [0, 0.1) is 20.8 Å². The van der Waals surface area contributed by atoms with Gasteiger partial charge in [-0.2, -0.15) is 5.10 Å². The van der Waals surface area contributed by atoms with E-state index in [1.807, 2.05) is 29.1 Å². The van der Waals surface area contributed by atoms with Crippen molar-refractivity contribution in [2.45, 2.75) is 40.0 Å². The van der Waals surface area contributed by atoms with Crippen molar-refractivity contribution in [2.24, 2.45) is 4.99 Å². The second-order valence-electron chi connectivity index (χ2n) is 10.7. The van der Waals surface area contributed by atoms with Crippen LogP contribution in [0.4, 0.5) is 17.2 Å². The van der Waals surface area contributed by atoms with Crippen LogP contribution in [0.3, 0.4) is 0 Å². The third-order valence-corrected chi connectivity index (χ3v) is 12.0. The van der Waals surface area contributed by atoms with E-state index in [4.69, 9.17) is 21.9 Å². The van der Waals surface area contributed by atoms with Gasteiger partial charge in [0.15, 0.2) is 5.82 Å². The number of hydrogen-bond donors (Lipinski definition) is 1. The Kier molecular flexibility index (Phi) is 5.75. The van der Waals surface area contributed by atoms with E-state index < -0.39 is 6.19 Å². The molecule has 6 rings (SSSR count). The van der Waals surface area contributed by atoms with Gasteiger partial charge >= 0.3 is 0 Å². The quantitative estimate of drug-likeness (QED) is 0.279. The van der Waals surface area contributed by atoms with Gasteiger partial charge in [0.2, 0.25) is 0 Å². The number of hydrogen-bond acceptors (Lipinski definition) is 4. The van der Waals surface area contributed by atoms with E-state index in [0.29, 0.717) is 0 Å². The Bertz CT molecular complexity index is 1700. The predicted molar refractivity (Wildman–Crippen MR) is 165 cm³/mol. The molecule has 0 spiro atoms. The van der Waals surface area contributed by atoms with E-state index in [0.717, 1.165) is 33.5 Å². The Morgan fingerprint density at radius 1 is 0.895 bits per heavy atom. The van der Waals surface area contributed by atoms with Crippen molar-refractivity contribution < 1.29 is 0 Å². The number of nitrogens with one attached hydrogen (secondary N) is 1. The maximum atomic E-state index is 6.81. The fourth-order valence-corrected chi connectivity index (χ4v) is 10.1. The number of allylic oxidation sites excluding steroid dienone is 2. The van der Waals surface area contributed by atoms with Crippen LogP contribution in [0.2, 0.25) is 0 Å². The standard InChI is InChI=1S/C31H32N5PS/c1-20-16-17-23(18-21(20)2)34-37(38)27(29-31(4,5)25-14-10-11-15-26(25)35(29)6)19-32-30-28(37)22(3)33-36(30)24-12-8-7-9-13-24/h7-19H,1-6H3,(H,34,38)/b29-27-. The van der Waals surface area contributed by atoms with Gasteiger partial charge in [0.05, 0.1) is 22.9 Å². The van der Waals surface area contributed by atoms with Gasteiger partial charge in [-0.25, -0.2) is 9.67 Å². The summed E-state index contributed by atoms with van der Waals surface area (Å²) in [6, 6.07) is 25.3. The molecule has 7 heteroatoms. The summed E-state index contributed by atoms with van der Waals surface area (Å²) in [4.78, 5) is 7.37. The zero-order valence-electron chi connectivity index (χ0n) is 22.6. The van der Waals surface area contributed by atoms with E-state index in [1.54, 1.807) is 0 Å². The highest BCUT2D eigenvalue weighted by molar-refractivity contribution is 8.21. The molecule has 0 aliphatic carbocycles. The first-order valence-corrected chi connectivity index (χ1v) is 15.7. The van der Waals surface area contributed by atoms with E-state index >= 15 is 0 Å². The molecule has 3 aromatic carbocycles. The molecule has 0 fully saturated rings. The number of benzene rings is 3. The lowest BCUT2D eigenvalue weighted by Crippen LogP contribution is -2.29. The Hall–Kier alpha value is -3.47. The first-order valence-electron chi connectivity index (χ1n) is 12.9. The number of fused-ring (bicyclic) bond motifs is 2. The number of anilines is 2. The van der Waals surface area contributed by atoms with Gasteiger partial charge in [-0.3, -0.25) is 0 Å². The van der Waals surface area contributed by atoms with Gasteiger partial charge < -0.3 is 9.99 Å². The highest BCUT2D eigenvalue weighted by Gasteiger charge is 2.45. The number of aliphatic imine (C=N–C) groups is 1. The molecule has 0 bridgehead atoms. The normalized spacial score (nSPS) is 21.4. The molecule has 0 saturated carbocycles. The number of aromatic nitrogens is 2. The Labute approximate surface area is 230 Å². The molecule has 0 saturated heterocycles. The van der Waals surface area contributed by atoms with Crippen LogP contribution in [0.1, 0.15) is 36.2 Å². The van der Waals surface area contributed by atoms with Crippen molar-refractivity contribution in [3.63, 3.8) is 0 Å². The van der Waals surface area contributed by atoms with Crippen molar-refractivity contribution in [1.29, 1.82) is 0 Å². The van der Waals surface area contributed by atoms with Gasteiger partial charge in [-0.05, 0) is 67.8 Å². The summed E-state index contributed by atoms with van der Waals surface area (Å²) in [5.74, 6) is 0.814. The molecule has 4 aromatic rings. The average Bonchev–Trinajstić information content (AvgIpc) is 3.34. The van der Waals surface area contributed by atoms with Crippen molar-refractivity contribution >= 4 is 46.7 Å². The summed E-state index contributed by atoms with van der Waals surface area (Å²) >= 11 is 6.81. The third kappa shape index (κ3) is 3.62. The first kappa shape index (κ1) is 24.8. The molecule has 1 N–H and O–H groups in total. The number of aryl methyl sites for hydroxylation is 3. The molecular formula is C31H32N5PS. The second kappa shape index (κ2) is 8.79. The summed E-state index contributed by atoms with van der Waals surface area (Å²) in [7, 11) is 2.15. The van der Waals surface area contributed by atoms with E-state index in [1.165, 1.54) is 28.1 Å². The summed E-state index contributed by atoms with van der Waals surface area (Å²) < 4.78 is 1.93. The zero-order valence-corrected chi connectivity index (χ0v) is 24.4. The largest absolute Gasteiger partial charge is 0.351 e. The topological polar surface area (TPSA) is 45.4 Å². The lowest BCUT2D eigenvalue weighted by atomic mass is 9.84. The minimum absolute atomic E-state index is 0.234. The molecule has 192 valence electrons. The molecule has 38 heavy (non-hydrogen) atoms. The van der Waals surface area contributed by atoms with Gasteiger partial charge in [-0.1, -0.05) is 68.1 Å². The van der Waals surface area contributed by atoms with E-state index in [9.17, 15) is 0 Å².